The van der Waals surface area contributed by atoms with Gasteiger partial charge in [0.05, 0.1) is 16.8 Å². The van der Waals surface area contributed by atoms with Gasteiger partial charge in [-0.1, -0.05) is 48.5 Å². The molecule has 2 heterocycles. The number of carbonyl (C=O) groups is 1. The Bertz CT molecular complexity index is 1150. The molecular formula is C23H19N3O. The van der Waals surface area contributed by atoms with E-state index in [1.807, 2.05) is 80.6 Å². The standard InChI is InChI=1S/C23H19N3O/c1-15-8-3-4-10-17(15)21-14-19(18-11-5-6-12-20(18)25-21)23(27)26-22-16(2)9-7-13-24-22/h3-14H,1-2H3,(H,24,26,27). The van der Waals surface area contributed by atoms with Crippen LogP contribution in [0.5, 0.6) is 0 Å². The van der Waals surface area contributed by atoms with E-state index in [-0.39, 0.29) is 5.91 Å². The van der Waals surface area contributed by atoms with Crippen LogP contribution in [0.25, 0.3) is 22.2 Å². The Morgan fingerprint density at radius 1 is 0.889 bits per heavy atom. The highest BCUT2D eigenvalue weighted by Gasteiger charge is 2.15. The second kappa shape index (κ2) is 7.00. The number of hydrogen-bond donors (Lipinski definition) is 1. The number of aromatic nitrogens is 2. The molecule has 0 spiro atoms. The first-order valence-corrected chi connectivity index (χ1v) is 8.82. The molecule has 4 heteroatoms. The van der Waals surface area contributed by atoms with Gasteiger partial charge in [0.25, 0.3) is 5.91 Å². The first-order valence-electron chi connectivity index (χ1n) is 8.82. The van der Waals surface area contributed by atoms with Crippen LogP contribution < -0.4 is 5.32 Å². The predicted octanol–water partition coefficient (Wildman–Crippen LogP) is 5.17. The van der Waals surface area contributed by atoms with E-state index in [0.29, 0.717) is 11.4 Å². The van der Waals surface area contributed by atoms with Crippen molar-refractivity contribution in [2.45, 2.75) is 13.8 Å². The molecule has 0 atom stereocenters. The quantitative estimate of drug-likeness (QED) is 0.553. The maximum Gasteiger partial charge on any atom is 0.257 e. The Kier molecular flexibility index (Phi) is 4.38. The lowest BCUT2D eigenvalue weighted by molar-refractivity contribution is 0.102. The summed E-state index contributed by atoms with van der Waals surface area (Å²) in [4.78, 5) is 22.1. The van der Waals surface area contributed by atoms with Gasteiger partial charge in [-0.15, -0.1) is 0 Å². The number of benzene rings is 2. The molecular weight excluding hydrogens is 334 g/mol. The molecule has 4 rings (SSSR count). The van der Waals surface area contributed by atoms with E-state index in [4.69, 9.17) is 4.98 Å². The number of nitrogens with zero attached hydrogens (tertiary/aromatic N) is 2. The van der Waals surface area contributed by atoms with Crippen LogP contribution in [0, 0.1) is 13.8 Å². The molecule has 0 unspecified atom stereocenters. The third-order valence-corrected chi connectivity index (χ3v) is 4.62. The summed E-state index contributed by atoms with van der Waals surface area (Å²) in [5, 5.41) is 3.75. The van der Waals surface area contributed by atoms with Gasteiger partial charge < -0.3 is 5.32 Å². The summed E-state index contributed by atoms with van der Waals surface area (Å²) in [6, 6.07) is 21.4. The summed E-state index contributed by atoms with van der Waals surface area (Å²) in [6.45, 7) is 3.97. The van der Waals surface area contributed by atoms with Crippen LogP contribution in [0.1, 0.15) is 21.5 Å². The highest BCUT2D eigenvalue weighted by Crippen LogP contribution is 2.27. The molecule has 27 heavy (non-hydrogen) atoms. The lowest BCUT2D eigenvalue weighted by Gasteiger charge is -2.12. The van der Waals surface area contributed by atoms with Crippen molar-refractivity contribution < 1.29 is 4.79 Å². The molecule has 0 radical (unpaired) electrons. The number of hydrogen-bond acceptors (Lipinski definition) is 3. The lowest BCUT2D eigenvalue weighted by Crippen LogP contribution is -2.15. The third-order valence-electron chi connectivity index (χ3n) is 4.62. The van der Waals surface area contributed by atoms with E-state index < -0.39 is 0 Å². The van der Waals surface area contributed by atoms with Gasteiger partial charge >= 0.3 is 0 Å². The zero-order valence-corrected chi connectivity index (χ0v) is 15.2. The largest absolute Gasteiger partial charge is 0.306 e. The van der Waals surface area contributed by atoms with Crippen LogP contribution in [-0.2, 0) is 0 Å². The molecule has 0 saturated carbocycles. The monoisotopic (exact) mass is 353 g/mol. The second-order valence-electron chi connectivity index (χ2n) is 6.51. The van der Waals surface area contributed by atoms with Crippen molar-refractivity contribution in [3.63, 3.8) is 0 Å². The molecule has 0 bridgehead atoms. The van der Waals surface area contributed by atoms with Crippen molar-refractivity contribution in [3.05, 3.63) is 89.6 Å². The number of aryl methyl sites for hydroxylation is 2. The van der Waals surface area contributed by atoms with Gasteiger partial charge in [0, 0.05) is 17.1 Å². The van der Waals surface area contributed by atoms with E-state index in [9.17, 15) is 4.79 Å². The zero-order chi connectivity index (χ0) is 18.8. The smallest absolute Gasteiger partial charge is 0.257 e. The SMILES string of the molecule is Cc1ccccc1-c1cc(C(=O)Nc2ncccc2C)c2ccccc2n1. The fourth-order valence-corrected chi connectivity index (χ4v) is 3.15. The number of fused-ring (bicyclic) bond motifs is 1. The van der Waals surface area contributed by atoms with Crippen molar-refractivity contribution in [3.8, 4) is 11.3 Å². The summed E-state index contributed by atoms with van der Waals surface area (Å²) < 4.78 is 0. The molecule has 2 aromatic heterocycles. The molecule has 2 aromatic carbocycles. The van der Waals surface area contributed by atoms with Gasteiger partial charge in [-0.2, -0.15) is 0 Å². The molecule has 4 nitrogen and oxygen atoms in total. The highest BCUT2D eigenvalue weighted by molar-refractivity contribution is 6.13. The van der Waals surface area contributed by atoms with E-state index >= 15 is 0 Å². The topological polar surface area (TPSA) is 54.9 Å². The molecule has 132 valence electrons. The summed E-state index contributed by atoms with van der Waals surface area (Å²) in [5.74, 6) is 0.381. The van der Waals surface area contributed by atoms with Crippen LogP contribution >= 0.6 is 0 Å². The minimum Gasteiger partial charge on any atom is -0.306 e. The summed E-state index contributed by atoms with van der Waals surface area (Å²) >= 11 is 0. The fourth-order valence-electron chi connectivity index (χ4n) is 3.15. The zero-order valence-electron chi connectivity index (χ0n) is 15.2. The summed E-state index contributed by atoms with van der Waals surface area (Å²) in [6.07, 6.45) is 1.67. The number of carbonyl (C=O) groups excluding carboxylic acids is 1. The van der Waals surface area contributed by atoms with Gasteiger partial charge in [0.1, 0.15) is 5.82 Å². The number of anilines is 1. The van der Waals surface area contributed by atoms with E-state index in [1.54, 1.807) is 6.20 Å². The molecule has 0 aliphatic heterocycles. The van der Waals surface area contributed by atoms with E-state index in [2.05, 4.69) is 10.3 Å². The molecule has 1 amide bonds. The average Bonchev–Trinajstić information content (AvgIpc) is 2.69. The minimum absolute atomic E-state index is 0.190. The first kappa shape index (κ1) is 16.9. The van der Waals surface area contributed by atoms with Gasteiger partial charge in [-0.05, 0) is 43.2 Å². The van der Waals surface area contributed by atoms with Crippen LogP contribution in [-0.4, -0.2) is 15.9 Å². The number of nitrogens with one attached hydrogen (secondary N) is 1. The van der Waals surface area contributed by atoms with Gasteiger partial charge in [0.2, 0.25) is 0 Å². The summed E-state index contributed by atoms with van der Waals surface area (Å²) in [7, 11) is 0. The molecule has 0 aliphatic rings. The van der Waals surface area contributed by atoms with Crippen LogP contribution in [0.4, 0.5) is 5.82 Å². The van der Waals surface area contributed by atoms with E-state index in [0.717, 1.165) is 33.3 Å². The molecule has 4 aromatic rings. The molecule has 0 saturated heterocycles. The van der Waals surface area contributed by atoms with Crippen molar-refractivity contribution in [2.24, 2.45) is 0 Å². The molecule has 0 aliphatic carbocycles. The Balaban J connectivity index is 1.85. The van der Waals surface area contributed by atoms with Gasteiger partial charge in [0.15, 0.2) is 0 Å². The Labute approximate surface area is 157 Å². The number of para-hydroxylation sites is 1. The van der Waals surface area contributed by atoms with Crippen molar-refractivity contribution in [1.29, 1.82) is 0 Å². The van der Waals surface area contributed by atoms with Crippen molar-refractivity contribution in [1.82, 2.24) is 9.97 Å². The van der Waals surface area contributed by atoms with Gasteiger partial charge in [-0.25, -0.2) is 9.97 Å². The number of rotatable bonds is 3. The van der Waals surface area contributed by atoms with E-state index in [1.165, 1.54) is 0 Å². The number of pyridine rings is 2. The van der Waals surface area contributed by atoms with Crippen LogP contribution in [0.15, 0.2) is 72.9 Å². The normalized spacial score (nSPS) is 10.7. The van der Waals surface area contributed by atoms with Crippen molar-refractivity contribution >= 4 is 22.6 Å². The Hall–Kier alpha value is -3.53. The highest BCUT2D eigenvalue weighted by atomic mass is 16.1. The maximum atomic E-state index is 13.1. The minimum atomic E-state index is -0.190. The summed E-state index contributed by atoms with van der Waals surface area (Å²) in [5.41, 5.74) is 5.22. The predicted molar refractivity (Wildman–Crippen MR) is 109 cm³/mol. The first-order chi connectivity index (χ1) is 13.1. The number of amides is 1. The van der Waals surface area contributed by atoms with Crippen LogP contribution in [0.2, 0.25) is 0 Å². The Morgan fingerprint density at radius 2 is 1.63 bits per heavy atom. The lowest BCUT2D eigenvalue weighted by atomic mass is 10.0. The van der Waals surface area contributed by atoms with Crippen molar-refractivity contribution in [2.75, 3.05) is 5.32 Å². The maximum absolute atomic E-state index is 13.1. The molecule has 0 fully saturated rings. The second-order valence-corrected chi connectivity index (χ2v) is 6.51. The third kappa shape index (κ3) is 3.29. The Morgan fingerprint density at radius 3 is 2.44 bits per heavy atom. The van der Waals surface area contributed by atoms with Gasteiger partial charge in [-0.3, -0.25) is 4.79 Å². The molecule has 1 N–H and O–H groups in total. The fraction of sp³-hybridized carbons (Fsp3) is 0.0870. The van der Waals surface area contributed by atoms with Crippen LogP contribution in [0.3, 0.4) is 0 Å². The average molecular weight is 353 g/mol.